The highest BCUT2D eigenvalue weighted by molar-refractivity contribution is 7.45. The maximum Gasteiger partial charge on any atom is 0.268 e. The second kappa shape index (κ2) is 44.7. The number of phosphoric ester groups is 1. The zero-order valence-corrected chi connectivity index (χ0v) is 42.2. The van der Waals surface area contributed by atoms with Gasteiger partial charge in [0.25, 0.3) is 7.82 Å². The van der Waals surface area contributed by atoms with E-state index in [0.29, 0.717) is 17.4 Å². The highest BCUT2D eigenvalue weighted by Crippen LogP contribution is 2.38. The van der Waals surface area contributed by atoms with Gasteiger partial charge in [-0.3, -0.25) is 9.36 Å². The maximum atomic E-state index is 12.9. The minimum atomic E-state index is -4.60. The predicted molar refractivity (Wildman–Crippen MR) is 265 cm³/mol. The normalized spacial score (nSPS) is 14.5. The summed E-state index contributed by atoms with van der Waals surface area (Å²) in [7, 11) is 1.25. The van der Waals surface area contributed by atoms with Gasteiger partial charge in [0.1, 0.15) is 13.2 Å². The first-order chi connectivity index (χ1) is 30.0. The Morgan fingerprint density at radius 1 is 0.565 bits per heavy atom. The standard InChI is InChI=1S/C53H101N2O6P/c1-6-8-10-12-14-16-18-20-22-24-26-27-29-31-33-35-37-39-41-43-45-47-53(57)54-51(50-61-62(58,59)60-49-48-55(3,4)5)52(56)46-44-42-40-38-36-34-32-30-28-25-23-21-19-17-15-13-11-9-7-2/h18,20,24,26,29,31,44,46,51-52,56H,6-17,19,21-23,25,27-28,30,32-43,45,47-50H2,1-5H3,(H-,54,57,58,59)/b20-18-,26-24-,31-29-,46-44+. The van der Waals surface area contributed by atoms with E-state index >= 15 is 0 Å². The molecule has 0 aromatic rings. The first-order valence-corrected chi connectivity index (χ1v) is 27.5. The third kappa shape index (κ3) is 46.5. The van der Waals surface area contributed by atoms with E-state index in [9.17, 15) is 19.4 Å². The van der Waals surface area contributed by atoms with Gasteiger partial charge in [0, 0.05) is 6.42 Å². The molecule has 1 amide bonds. The van der Waals surface area contributed by atoms with Crippen molar-refractivity contribution in [1.82, 2.24) is 5.32 Å². The second-order valence-corrected chi connectivity index (χ2v) is 20.3. The topological polar surface area (TPSA) is 108 Å². The van der Waals surface area contributed by atoms with Crippen LogP contribution in [-0.4, -0.2) is 68.5 Å². The number of carbonyl (C=O) groups is 1. The van der Waals surface area contributed by atoms with Gasteiger partial charge in [0.05, 0.1) is 39.9 Å². The molecule has 0 heterocycles. The number of likely N-dealkylation sites (N-methyl/N-ethyl adjacent to an activating group) is 1. The average molecular weight is 893 g/mol. The van der Waals surface area contributed by atoms with Crippen molar-refractivity contribution in [3.63, 3.8) is 0 Å². The molecular formula is C53H101N2O6P. The summed E-state index contributed by atoms with van der Waals surface area (Å²) in [4.78, 5) is 25.4. The number of unbranched alkanes of at least 4 members (excludes halogenated alkanes) is 28. The number of allylic oxidation sites excluding steroid dienone is 7. The number of phosphoric acid groups is 1. The molecule has 0 aliphatic rings. The molecule has 0 aromatic carbocycles. The number of nitrogens with one attached hydrogen (secondary N) is 1. The number of carbonyl (C=O) groups excluding carboxylic acids is 1. The van der Waals surface area contributed by atoms with Crippen LogP contribution < -0.4 is 10.2 Å². The summed E-state index contributed by atoms with van der Waals surface area (Å²) in [5.41, 5.74) is 0. The molecule has 0 aliphatic heterocycles. The fraction of sp³-hybridized carbons (Fsp3) is 0.830. The SMILES string of the molecule is CCCCCCC/C=C\C/C=C\C/C=C\CCCCCCCCC(=O)NC(COP(=O)([O-])OCC[N+](C)(C)C)C(O)/C=C/CCCCCCCCCCCCCCCCCCC. The van der Waals surface area contributed by atoms with Gasteiger partial charge in [-0.05, 0) is 57.8 Å². The Bertz CT molecular complexity index is 1150. The van der Waals surface area contributed by atoms with Gasteiger partial charge in [-0.2, -0.15) is 0 Å². The Hall–Kier alpha value is -1.54. The molecule has 0 saturated heterocycles. The Morgan fingerprint density at radius 3 is 1.35 bits per heavy atom. The van der Waals surface area contributed by atoms with Crippen molar-refractivity contribution in [3.05, 3.63) is 48.6 Å². The van der Waals surface area contributed by atoms with Crippen LogP contribution in [0.25, 0.3) is 0 Å². The van der Waals surface area contributed by atoms with Crippen molar-refractivity contribution in [2.24, 2.45) is 0 Å². The molecule has 0 rings (SSSR count). The highest BCUT2D eigenvalue weighted by atomic mass is 31.2. The molecular weight excluding hydrogens is 792 g/mol. The van der Waals surface area contributed by atoms with E-state index in [2.05, 4.69) is 55.6 Å². The summed E-state index contributed by atoms with van der Waals surface area (Å²) < 4.78 is 23.3. The third-order valence-corrected chi connectivity index (χ3v) is 12.5. The number of aliphatic hydroxyl groups excluding tert-OH is 1. The van der Waals surface area contributed by atoms with Gasteiger partial charge in [0.15, 0.2) is 0 Å². The van der Waals surface area contributed by atoms with E-state index in [1.54, 1.807) is 6.08 Å². The van der Waals surface area contributed by atoms with Crippen molar-refractivity contribution in [1.29, 1.82) is 0 Å². The molecule has 0 fully saturated rings. The average Bonchev–Trinajstić information content (AvgIpc) is 3.23. The largest absolute Gasteiger partial charge is 0.756 e. The number of hydrogen-bond donors (Lipinski definition) is 2. The van der Waals surface area contributed by atoms with Crippen molar-refractivity contribution in [3.8, 4) is 0 Å². The number of hydrogen-bond acceptors (Lipinski definition) is 6. The first kappa shape index (κ1) is 60.5. The smallest absolute Gasteiger partial charge is 0.268 e. The summed E-state index contributed by atoms with van der Waals surface area (Å²) in [6.07, 6.45) is 57.3. The number of aliphatic hydroxyl groups is 1. The first-order valence-electron chi connectivity index (χ1n) is 26.0. The second-order valence-electron chi connectivity index (χ2n) is 18.9. The fourth-order valence-corrected chi connectivity index (χ4v) is 8.12. The van der Waals surface area contributed by atoms with Gasteiger partial charge in [-0.25, -0.2) is 0 Å². The molecule has 0 radical (unpaired) electrons. The van der Waals surface area contributed by atoms with E-state index < -0.39 is 20.0 Å². The van der Waals surface area contributed by atoms with Crippen LogP contribution in [-0.2, 0) is 18.4 Å². The van der Waals surface area contributed by atoms with Gasteiger partial charge in [-0.1, -0.05) is 217 Å². The minimum absolute atomic E-state index is 0.00490. The lowest BCUT2D eigenvalue weighted by Gasteiger charge is -2.29. The van der Waals surface area contributed by atoms with Crippen molar-refractivity contribution in [2.45, 2.75) is 244 Å². The molecule has 364 valence electrons. The van der Waals surface area contributed by atoms with Crippen LogP contribution in [0.1, 0.15) is 232 Å². The molecule has 8 nitrogen and oxygen atoms in total. The molecule has 0 saturated carbocycles. The van der Waals surface area contributed by atoms with E-state index in [1.165, 1.54) is 148 Å². The van der Waals surface area contributed by atoms with Crippen molar-refractivity contribution < 1.29 is 32.9 Å². The van der Waals surface area contributed by atoms with Crippen LogP contribution in [0.2, 0.25) is 0 Å². The van der Waals surface area contributed by atoms with Crippen molar-refractivity contribution >= 4 is 13.7 Å². The summed E-state index contributed by atoms with van der Waals surface area (Å²) in [5, 5.41) is 13.8. The lowest BCUT2D eigenvalue weighted by Crippen LogP contribution is -2.45. The van der Waals surface area contributed by atoms with Crippen molar-refractivity contribution in [2.75, 3.05) is 40.9 Å². The third-order valence-electron chi connectivity index (χ3n) is 11.5. The Labute approximate surface area is 384 Å². The van der Waals surface area contributed by atoms with Crippen LogP contribution in [0.3, 0.4) is 0 Å². The molecule has 3 atom stereocenters. The molecule has 0 aliphatic carbocycles. The summed E-state index contributed by atoms with van der Waals surface area (Å²) in [6, 6.07) is -0.895. The summed E-state index contributed by atoms with van der Waals surface area (Å²) in [6.45, 7) is 4.64. The molecule has 62 heavy (non-hydrogen) atoms. The molecule has 3 unspecified atom stereocenters. The Balaban J connectivity index is 4.35. The minimum Gasteiger partial charge on any atom is -0.756 e. The molecule has 9 heteroatoms. The fourth-order valence-electron chi connectivity index (χ4n) is 7.40. The molecule has 0 spiro atoms. The van der Waals surface area contributed by atoms with Crippen LogP contribution in [0.15, 0.2) is 48.6 Å². The van der Waals surface area contributed by atoms with Gasteiger partial charge < -0.3 is 28.8 Å². The number of nitrogens with zero attached hydrogens (tertiary/aromatic N) is 1. The molecule has 0 bridgehead atoms. The quantitative estimate of drug-likeness (QED) is 0.0273. The zero-order chi connectivity index (χ0) is 45.7. The van der Waals surface area contributed by atoms with Gasteiger partial charge in [-0.15, -0.1) is 0 Å². The van der Waals surface area contributed by atoms with Gasteiger partial charge >= 0.3 is 0 Å². The highest BCUT2D eigenvalue weighted by Gasteiger charge is 2.23. The molecule has 2 N–H and O–H groups in total. The van der Waals surface area contributed by atoms with Crippen LogP contribution >= 0.6 is 7.82 Å². The van der Waals surface area contributed by atoms with Crippen LogP contribution in [0, 0.1) is 0 Å². The maximum absolute atomic E-state index is 12.9. The number of rotatable bonds is 47. The Kier molecular flexibility index (Phi) is 43.5. The lowest BCUT2D eigenvalue weighted by atomic mass is 10.0. The van der Waals surface area contributed by atoms with E-state index in [0.717, 1.165) is 64.2 Å². The summed E-state index contributed by atoms with van der Waals surface area (Å²) >= 11 is 0. The van der Waals surface area contributed by atoms with E-state index in [-0.39, 0.29) is 19.1 Å². The predicted octanol–water partition coefficient (Wildman–Crippen LogP) is 14.6. The number of amides is 1. The Morgan fingerprint density at radius 2 is 0.935 bits per heavy atom. The monoisotopic (exact) mass is 893 g/mol. The van der Waals surface area contributed by atoms with E-state index in [4.69, 9.17) is 9.05 Å². The lowest BCUT2D eigenvalue weighted by molar-refractivity contribution is -0.870. The number of quaternary nitrogens is 1. The molecule has 0 aromatic heterocycles. The van der Waals surface area contributed by atoms with E-state index in [1.807, 2.05) is 27.2 Å². The van der Waals surface area contributed by atoms with Crippen LogP contribution in [0.4, 0.5) is 0 Å². The van der Waals surface area contributed by atoms with Crippen LogP contribution in [0.5, 0.6) is 0 Å². The van der Waals surface area contributed by atoms with Gasteiger partial charge in [0.2, 0.25) is 5.91 Å². The summed E-state index contributed by atoms with van der Waals surface area (Å²) in [5.74, 6) is -0.209. The zero-order valence-electron chi connectivity index (χ0n) is 41.3.